The monoisotopic (exact) mass is 427 g/mol. The number of hydrogen-bond donors (Lipinski definition) is 1. The first-order chi connectivity index (χ1) is 15.3. The molecule has 0 fully saturated rings. The predicted octanol–water partition coefficient (Wildman–Crippen LogP) is 5.31. The van der Waals surface area contributed by atoms with Crippen LogP contribution in [0.3, 0.4) is 0 Å². The minimum Gasteiger partial charge on any atom is -0.483 e. The van der Waals surface area contributed by atoms with Crippen LogP contribution in [0.4, 0.5) is 5.69 Å². The lowest BCUT2D eigenvalue weighted by Gasteiger charge is -2.41. The molecule has 1 aliphatic rings. The molecule has 0 aliphatic carbocycles. The summed E-state index contributed by atoms with van der Waals surface area (Å²) in [5.41, 5.74) is 8.25. The first-order valence-electron chi connectivity index (χ1n) is 10.8. The van der Waals surface area contributed by atoms with Crippen LogP contribution in [0.25, 0.3) is 16.3 Å². The second-order valence-corrected chi connectivity index (χ2v) is 8.83. The second-order valence-electron chi connectivity index (χ2n) is 8.83. The predicted molar refractivity (Wildman–Crippen MR) is 132 cm³/mol. The van der Waals surface area contributed by atoms with Crippen LogP contribution in [-0.2, 0) is 4.79 Å². The second kappa shape index (κ2) is 8.50. The number of anilines is 1. The lowest BCUT2D eigenvalue weighted by Crippen LogP contribution is -2.42. The minimum absolute atomic E-state index is 0.0306. The number of nitrogens with one attached hydrogen (secondary N) is 1. The summed E-state index contributed by atoms with van der Waals surface area (Å²) < 4.78 is 5.73. The van der Waals surface area contributed by atoms with Crippen LogP contribution < -0.4 is 15.1 Å². The first-order valence-corrected chi connectivity index (χ1v) is 10.8. The molecule has 32 heavy (non-hydrogen) atoms. The molecular formula is C27H29N3O2. The largest absolute Gasteiger partial charge is 0.483 e. The van der Waals surface area contributed by atoms with Crippen molar-refractivity contribution in [3.8, 4) is 5.75 Å². The van der Waals surface area contributed by atoms with Gasteiger partial charge in [0.15, 0.2) is 6.61 Å². The number of allylic oxidation sites excluding steroid dienone is 1. The van der Waals surface area contributed by atoms with Gasteiger partial charge in [0.1, 0.15) is 5.75 Å². The van der Waals surface area contributed by atoms with Crippen molar-refractivity contribution in [2.75, 3.05) is 18.6 Å². The van der Waals surface area contributed by atoms with E-state index < -0.39 is 0 Å². The van der Waals surface area contributed by atoms with Gasteiger partial charge in [0, 0.05) is 23.7 Å². The van der Waals surface area contributed by atoms with Gasteiger partial charge < -0.3 is 9.64 Å². The molecule has 3 aromatic rings. The normalized spacial score (nSPS) is 14.9. The third-order valence-corrected chi connectivity index (χ3v) is 6.11. The summed E-state index contributed by atoms with van der Waals surface area (Å²) in [4.78, 5) is 14.5. The van der Waals surface area contributed by atoms with Gasteiger partial charge in [-0.3, -0.25) is 4.79 Å². The van der Waals surface area contributed by atoms with Crippen LogP contribution in [0.2, 0.25) is 0 Å². The van der Waals surface area contributed by atoms with E-state index in [1.165, 1.54) is 16.8 Å². The summed E-state index contributed by atoms with van der Waals surface area (Å²) in [6, 6.07) is 18.0. The lowest BCUT2D eigenvalue weighted by molar-refractivity contribution is -0.123. The Morgan fingerprint density at radius 2 is 1.88 bits per heavy atom. The Hall–Kier alpha value is -3.60. The first kappa shape index (κ1) is 21.6. The van der Waals surface area contributed by atoms with Crippen LogP contribution >= 0.6 is 0 Å². The maximum absolute atomic E-state index is 12.3. The Kier molecular flexibility index (Phi) is 5.74. The summed E-state index contributed by atoms with van der Waals surface area (Å²) in [6.07, 6.45) is 3.97. The summed E-state index contributed by atoms with van der Waals surface area (Å²) in [5, 5.41) is 6.21. The number of rotatable bonds is 5. The highest BCUT2D eigenvalue weighted by Gasteiger charge is 2.28. The van der Waals surface area contributed by atoms with E-state index in [9.17, 15) is 4.79 Å². The van der Waals surface area contributed by atoms with Gasteiger partial charge in [-0.15, -0.1) is 0 Å². The zero-order valence-electron chi connectivity index (χ0n) is 19.3. The third-order valence-electron chi connectivity index (χ3n) is 6.11. The molecule has 1 amide bonds. The topological polar surface area (TPSA) is 53.9 Å². The molecule has 0 radical (unpaired) electrons. The Labute approximate surface area is 189 Å². The fourth-order valence-corrected chi connectivity index (χ4v) is 4.13. The number of ether oxygens (including phenoxy) is 1. The van der Waals surface area contributed by atoms with Crippen molar-refractivity contribution in [2.45, 2.75) is 33.2 Å². The molecule has 1 N–H and O–H groups in total. The quantitative estimate of drug-likeness (QED) is 0.444. The molecule has 0 aromatic heterocycles. The van der Waals surface area contributed by atoms with E-state index in [0.29, 0.717) is 5.75 Å². The molecule has 3 aromatic carbocycles. The van der Waals surface area contributed by atoms with E-state index in [-0.39, 0.29) is 18.1 Å². The highest BCUT2D eigenvalue weighted by molar-refractivity contribution is 5.91. The fourth-order valence-electron chi connectivity index (χ4n) is 4.13. The number of fused-ring (bicyclic) bond motifs is 2. The van der Waals surface area contributed by atoms with Gasteiger partial charge >= 0.3 is 0 Å². The Balaban J connectivity index is 1.43. The van der Waals surface area contributed by atoms with E-state index >= 15 is 0 Å². The van der Waals surface area contributed by atoms with Gasteiger partial charge in [-0.25, -0.2) is 5.43 Å². The van der Waals surface area contributed by atoms with Gasteiger partial charge in [0.05, 0.1) is 11.8 Å². The number of benzene rings is 3. The molecule has 4 rings (SSSR count). The Morgan fingerprint density at radius 3 is 2.69 bits per heavy atom. The molecular weight excluding hydrogens is 398 g/mol. The van der Waals surface area contributed by atoms with Gasteiger partial charge in [-0.05, 0) is 68.0 Å². The van der Waals surface area contributed by atoms with Crippen LogP contribution in [0.15, 0.2) is 65.8 Å². The maximum atomic E-state index is 12.3. The summed E-state index contributed by atoms with van der Waals surface area (Å²) in [7, 11) is 2.12. The standard InChI is InChI=1S/C27H29N3O2/c1-18-13-24-23(19(2)15-27(3,4)30(24)5)14-21(18)16-28-29-26(31)17-32-25-12-8-10-20-9-6-7-11-22(20)25/h6-16H,17H2,1-5H3,(H,29,31)/b28-16-. The van der Waals surface area contributed by atoms with Gasteiger partial charge in [0.25, 0.3) is 5.91 Å². The summed E-state index contributed by atoms with van der Waals surface area (Å²) in [6.45, 7) is 8.51. The highest BCUT2D eigenvalue weighted by Crippen LogP contribution is 2.38. The zero-order chi connectivity index (χ0) is 22.9. The molecule has 0 saturated heterocycles. The SMILES string of the molecule is CC1=CC(C)(C)N(C)c2cc(C)c(/C=N\NC(=O)COc3cccc4ccccc34)cc21. The van der Waals surface area contributed by atoms with Crippen molar-refractivity contribution in [1.29, 1.82) is 0 Å². The third kappa shape index (κ3) is 4.24. The molecule has 0 spiro atoms. The van der Waals surface area contributed by atoms with E-state index in [2.05, 4.69) is 68.4 Å². The molecule has 0 atom stereocenters. The van der Waals surface area contributed by atoms with Gasteiger partial charge in [-0.1, -0.05) is 42.5 Å². The molecule has 1 aliphatic heterocycles. The van der Waals surface area contributed by atoms with Crippen molar-refractivity contribution in [2.24, 2.45) is 5.10 Å². The van der Waals surface area contributed by atoms with Crippen molar-refractivity contribution < 1.29 is 9.53 Å². The number of carbonyl (C=O) groups is 1. The zero-order valence-corrected chi connectivity index (χ0v) is 19.3. The summed E-state index contributed by atoms with van der Waals surface area (Å²) >= 11 is 0. The number of likely N-dealkylation sites (N-methyl/N-ethyl adjacent to an activating group) is 1. The average Bonchev–Trinajstić information content (AvgIpc) is 2.76. The molecule has 0 unspecified atom stereocenters. The number of hydrazone groups is 1. The van der Waals surface area contributed by atoms with Crippen molar-refractivity contribution in [1.82, 2.24) is 5.43 Å². The van der Waals surface area contributed by atoms with E-state index in [4.69, 9.17) is 4.74 Å². The molecule has 5 nitrogen and oxygen atoms in total. The van der Waals surface area contributed by atoms with Crippen LogP contribution in [0, 0.1) is 6.92 Å². The molecule has 0 saturated carbocycles. The lowest BCUT2D eigenvalue weighted by atomic mass is 9.87. The van der Waals surface area contributed by atoms with Crippen molar-refractivity contribution >= 4 is 34.2 Å². The molecule has 164 valence electrons. The van der Waals surface area contributed by atoms with E-state index in [1.807, 2.05) is 42.5 Å². The van der Waals surface area contributed by atoms with Crippen molar-refractivity contribution in [3.05, 3.63) is 77.4 Å². The average molecular weight is 428 g/mol. The Morgan fingerprint density at radius 1 is 1.12 bits per heavy atom. The van der Waals surface area contributed by atoms with Gasteiger partial charge in [-0.2, -0.15) is 5.10 Å². The Bertz CT molecular complexity index is 1240. The van der Waals surface area contributed by atoms with Crippen molar-refractivity contribution in [3.63, 3.8) is 0 Å². The number of amides is 1. The van der Waals surface area contributed by atoms with Crippen LogP contribution in [0.5, 0.6) is 5.75 Å². The molecule has 5 heteroatoms. The summed E-state index contributed by atoms with van der Waals surface area (Å²) in [5.74, 6) is 0.379. The van der Waals surface area contributed by atoms with Crippen LogP contribution in [-0.4, -0.2) is 31.3 Å². The number of nitrogens with zero attached hydrogens (tertiary/aromatic N) is 2. The highest BCUT2D eigenvalue weighted by atomic mass is 16.5. The molecule has 0 bridgehead atoms. The molecule has 1 heterocycles. The van der Waals surface area contributed by atoms with Gasteiger partial charge in [0.2, 0.25) is 0 Å². The van der Waals surface area contributed by atoms with E-state index in [1.54, 1.807) is 6.21 Å². The van der Waals surface area contributed by atoms with Crippen LogP contribution in [0.1, 0.15) is 37.5 Å². The van der Waals surface area contributed by atoms with E-state index in [0.717, 1.165) is 21.9 Å². The number of aryl methyl sites for hydroxylation is 1. The smallest absolute Gasteiger partial charge is 0.277 e. The minimum atomic E-state index is -0.303. The fraction of sp³-hybridized carbons (Fsp3) is 0.259. The number of carbonyl (C=O) groups excluding carboxylic acids is 1. The number of hydrogen-bond acceptors (Lipinski definition) is 4. The maximum Gasteiger partial charge on any atom is 0.277 e.